The van der Waals surface area contributed by atoms with Crippen LogP contribution in [0.3, 0.4) is 0 Å². The summed E-state index contributed by atoms with van der Waals surface area (Å²) in [6, 6.07) is -0.0225. The smallest absolute Gasteiger partial charge is 0.267 e. The van der Waals surface area contributed by atoms with Crippen LogP contribution in [-0.4, -0.2) is 51.4 Å². The Morgan fingerprint density at radius 2 is 2.30 bits per heavy atom. The van der Waals surface area contributed by atoms with Crippen molar-refractivity contribution in [3.8, 4) is 0 Å². The van der Waals surface area contributed by atoms with Crippen molar-refractivity contribution in [2.45, 2.75) is 37.7 Å². The van der Waals surface area contributed by atoms with Crippen molar-refractivity contribution in [2.75, 3.05) is 18.9 Å². The third-order valence-electron chi connectivity index (χ3n) is 3.66. The largest absolute Gasteiger partial charge is 0.375 e. The maximum atomic E-state index is 12.6. The standard InChI is InChI=1S/C13H17N3O3S/c1-8-7-19-9(2)6-16(8)12(18)10-5-14-13-15(11(10)17)3-4-20-13/h5,8-9H,3-4,6-7H2,1-2H3/t8-,9+/m0/s1. The van der Waals surface area contributed by atoms with Crippen molar-refractivity contribution in [3.63, 3.8) is 0 Å². The SMILES string of the molecule is C[C@@H]1CN(C(=O)c2cnc3n(c2=O)CCS3)[C@@H](C)CO1. The molecule has 6 nitrogen and oxygen atoms in total. The molecule has 0 radical (unpaired) electrons. The number of carbonyl (C=O) groups excluding carboxylic acids is 1. The molecule has 1 aromatic rings. The van der Waals surface area contributed by atoms with E-state index in [1.165, 1.54) is 6.20 Å². The number of ether oxygens (including phenoxy) is 1. The summed E-state index contributed by atoms with van der Waals surface area (Å²) in [5.74, 6) is 0.600. The summed E-state index contributed by atoms with van der Waals surface area (Å²) in [4.78, 5) is 30.9. The van der Waals surface area contributed by atoms with Crippen molar-refractivity contribution >= 4 is 17.7 Å². The molecule has 20 heavy (non-hydrogen) atoms. The molecule has 3 rings (SSSR count). The predicted octanol–water partition coefficient (Wildman–Crippen LogP) is 0.598. The minimum atomic E-state index is -0.239. The van der Waals surface area contributed by atoms with Crippen LogP contribution in [-0.2, 0) is 11.3 Å². The molecule has 0 bridgehead atoms. The zero-order valence-electron chi connectivity index (χ0n) is 11.5. The van der Waals surface area contributed by atoms with E-state index in [-0.39, 0.29) is 29.2 Å². The minimum absolute atomic E-state index is 0.00385. The van der Waals surface area contributed by atoms with Crippen LogP contribution >= 0.6 is 11.8 Å². The summed E-state index contributed by atoms with van der Waals surface area (Å²) in [5, 5.41) is 0.704. The molecule has 1 fully saturated rings. The summed E-state index contributed by atoms with van der Waals surface area (Å²) in [6.45, 7) is 5.50. The Bertz CT molecular complexity index is 601. The highest BCUT2D eigenvalue weighted by Crippen LogP contribution is 2.21. The Labute approximate surface area is 121 Å². The Morgan fingerprint density at radius 3 is 3.10 bits per heavy atom. The van der Waals surface area contributed by atoms with Gasteiger partial charge in [0, 0.05) is 25.0 Å². The molecule has 0 saturated carbocycles. The van der Waals surface area contributed by atoms with E-state index in [1.54, 1.807) is 21.2 Å². The molecule has 7 heteroatoms. The molecule has 2 atom stereocenters. The predicted molar refractivity (Wildman–Crippen MR) is 75.1 cm³/mol. The highest BCUT2D eigenvalue weighted by Gasteiger charge is 2.30. The van der Waals surface area contributed by atoms with Gasteiger partial charge < -0.3 is 9.64 Å². The van der Waals surface area contributed by atoms with Gasteiger partial charge in [0.1, 0.15) is 5.56 Å². The van der Waals surface area contributed by atoms with Gasteiger partial charge in [-0.15, -0.1) is 0 Å². The highest BCUT2D eigenvalue weighted by atomic mass is 32.2. The first kappa shape index (κ1) is 13.6. The van der Waals surface area contributed by atoms with E-state index in [9.17, 15) is 9.59 Å². The Morgan fingerprint density at radius 1 is 1.50 bits per heavy atom. The molecule has 0 unspecified atom stereocenters. The molecule has 1 saturated heterocycles. The van der Waals surface area contributed by atoms with Gasteiger partial charge in [-0.1, -0.05) is 11.8 Å². The fraction of sp³-hybridized carbons (Fsp3) is 0.615. The molecule has 1 amide bonds. The lowest BCUT2D eigenvalue weighted by molar-refractivity contribution is -0.0388. The van der Waals surface area contributed by atoms with Gasteiger partial charge >= 0.3 is 0 Å². The topological polar surface area (TPSA) is 64.4 Å². The third kappa shape index (κ3) is 2.25. The van der Waals surface area contributed by atoms with Crippen LogP contribution in [0.25, 0.3) is 0 Å². The number of amides is 1. The summed E-state index contributed by atoms with van der Waals surface area (Å²) in [5.41, 5.74) is -0.0615. The van der Waals surface area contributed by atoms with Gasteiger partial charge in [0.2, 0.25) is 0 Å². The molecule has 2 aliphatic heterocycles. The first-order valence-corrected chi connectivity index (χ1v) is 7.71. The quantitative estimate of drug-likeness (QED) is 0.710. The fourth-order valence-electron chi connectivity index (χ4n) is 2.51. The van der Waals surface area contributed by atoms with Crippen molar-refractivity contribution in [1.82, 2.24) is 14.5 Å². The first-order valence-electron chi connectivity index (χ1n) is 6.73. The van der Waals surface area contributed by atoms with E-state index in [2.05, 4.69) is 4.98 Å². The van der Waals surface area contributed by atoms with Gasteiger partial charge in [0.05, 0.1) is 18.8 Å². The molecular weight excluding hydrogens is 278 g/mol. The zero-order chi connectivity index (χ0) is 14.3. The van der Waals surface area contributed by atoms with E-state index in [1.807, 2.05) is 13.8 Å². The van der Waals surface area contributed by atoms with Gasteiger partial charge in [-0.25, -0.2) is 4.98 Å². The van der Waals surface area contributed by atoms with Crippen LogP contribution in [0.15, 0.2) is 16.1 Å². The average molecular weight is 295 g/mol. The number of hydrogen-bond acceptors (Lipinski definition) is 5. The maximum Gasteiger partial charge on any atom is 0.267 e. The second kappa shape index (κ2) is 5.21. The van der Waals surface area contributed by atoms with Crippen LogP contribution in [0.4, 0.5) is 0 Å². The summed E-state index contributed by atoms with van der Waals surface area (Å²) in [6.07, 6.45) is 1.41. The number of morpholine rings is 1. The average Bonchev–Trinajstić information content (AvgIpc) is 2.90. The van der Waals surface area contributed by atoms with Crippen LogP contribution in [0.2, 0.25) is 0 Å². The number of aromatic nitrogens is 2. The van der Waals surface area contributed by atoms with Crippen LogP contribution in [0.5, 0.6) is 0 Å². The second-order valence-corrected chi connectivity index (χ2v) is 6.27. The second-order valence-electron chi connectivity index (χ2n) is 5.21. The normalized spacial score (nSPS) is 25.6. The molecule has 108 valence electrons. The highest BCUT2D eigenvalue weighted by molar-refractivity contribution is 7.99. The lowest BCUT2D eigenvalue weighted by Crippen LogP contribution is -2.51. The van der Waals surface area contributed by atoms with Gasteiger partial charge in [0.25, 0.3) is 11.5 Å². The summed E-state index contributed by atoms with van der Waals surface area (Å²) >= 11 is 1.55. The zero-order valence-corrected chi connectivity index (χ0v) is 12.4. The number of thioether (sulfide) groups is 1. The molecule has 2 aliphatic rings. The molecule has 1 aromatic heterocycles. The number of rotatable bonds is 1. The van der Waals surface area contributed by atoms with E-state index in [0.29, 0.717) is 24.9 Å². The van der Waals surface area contributed by atoms with E-state index in [4.69, 9.17) is 4.74 Å². The third-order valence-corrected chi connectivity index (χ3v) is 4.63. The monoisotopic (exact) mass is 295 g/mol. The first-order chi connectivity index (χ1) is 9.58. The number of hydrogen-bond donors (Lipinski definition) is 0. The van der Waals surface area contributed by atoms with Crippen LogP contribution in [0, 0.1) is 0 Å². The molecule has 0 spiro atoms. The molecular formula is C13H17N3O3S. The van der Waals surface area contributed by atoms with E-state index >= 15 is 0 Å². The fourth-order valence-corrected chi connectivity index (χ4v) is 3.42. The Balaban J connectivity index is 1.93. The van der Waals surface area contributed by atoms with Crippen LogP contribution in [0.1, 0.15) is 24.2 Å². The minimum Gasteiger partial charge on any atom is -0.375 e. The van der Waals surface area contributed by atoms with E-state index in [0.717, 1.165) is 5.75 Å². The van der Waals surface area contributed by atoms with Crippen molar-refractivity contribution in [1.29, 1.82) is 0 Å². The molecule has 0 aliphatic carbocycles. The molecule has 3 heterocycles. The molecule has 0 aromatic carbocycles. The summed E-state index contributed by atoms with van der Waals surface area (Å²) in [7, 11) is 0. The van der Waals surface area contributed by atoms with Crippen LogP contribution < -0.4 is 5.56 Å². The van der Waals surface area contributed by atoms with Gasteiger partial charge in [-0.2, -0.15) is 0 Å². The van der Waals surface area contributed by atoms with E-state index < -0.39 is 0 Å². The Hall–Kier alpha value is -1.34. The lowest BCUT2D eigenvalue weighted by Gasteiger charge is -2.36. The number of fused-ring (bicyclic) bond motifs is 1. The van der Waals surface area contributed by atoms with Gasteiger partial charge in [-0.3, -0.25) is 14.2 Å². The van der Waals surface area contributed by atoms with Gasteiger partial charge in [-0.05, 0) is 13.8 Å². The number of carbonyl (C=O) groups is 1. The number of nitrogens with zero attached hydrogens (tertiary/aromatic N) is 3. The van der Waals surface area contributed by atoms with Crippen molar-refractivity contribution in [3.05, 3.63) is 22.1 Å². The lowest BCUT2D eigenvalue weighted by atomic mass is 10.1. The maximum absolute atomic E-state index is 12.6. The van der Waals surface area contributed by atoms with Gasteiger partial charge in [0.15, 0.2) is 5.16 Å². The molecule has 0 N–H and O–H groups in total. The Kier molecular flexibility index (Phi) is 3.55. The summed E-state index contributed by atoms with van der Waals surface area (Å²) < 4.78 is 7.10. The van der Waals surface area contributed by atoms with Crippen molar-refractivity contribution in [2.24, 2.45) is 0 Å². The van der Waals surface area contributed by atoms with Crippen molar-refractivity contribution < 1.29 is 9.53 Å².